The van der Waals surface area contributed by atoms with Crippen LogP contribution in [0.15, 0.2) is 6.20 Å². The van der Waals surface area contributed by atoms with Crippen LogP contribution in [0.1, 0.15) is 30.6 Å². The molecule has 1 aromatic rings. The molecule has 16 heavy (non-hydrogen) atoms. The van der Waals surface area contributed by atoms with Gasteiger partial charge in [0.15, 0.2) is 0 Å². The number of hydrogen-bond acceptors (Lipinski definition) is 3. The van der Waals surface area contributed by atoms with E-state index >= 15 is 0 Å². The zero-order chi connectivity index (χ0) is 11.9. The molecule has 0 aromatic carbocycles. The fourth-order valence-electron chi connectivity index (χ4n) is 1.86. The van der Waals surface area contributed by atoms with Crippen LogP contribution in [0.5, 0.6) is 0 Å². The van der Waals surface area contributed by atoms with E-state index < -0.39 is 0 Å². The van der Waals surface area contributed by atoms with Crippen LogP contribution in [0, 0.1) is 11.3 Å². The molecule has 0 aliphatic heterocycles. The number of aromatic nitrogens is 2. The molecule has 1 atom stereocenters. The topological polar surface area (TPSA) is 72.9 Å². The van der Waals surface area contributed by atoms with Gasteiger partial charge < -0.3 is 11.1 Å². The highest BCUT2D eigenvalue weighted by Crippen LogP contribution is 2.50. The number of anilines is 1. The minimum atomic E-state index is -0.131. The zero-order valence-electron chi connectivity index (χ0n) is 9.95. The second-order valence-corrected chi connectivity index (χ2v) is 5.17. The molecule has 1 aliphatic rings. The molecule has 1 heterocycles. The minimum absolute atomic E-state index is 0.131. The molecule has 1 saturated carbocycles. The summed E-state index contributed by atoms with van der Waals surface area (Å²) in [6.45, 7) is 5.14. The lowest BCUT2D eigenvalue weighted by atomic mass is 10.1. The van der Waals surface area contributed by atoms with Gasteiger partial charge in [0, 0.05) is 13.6 Å². The van der Waals surface area contributed by atoms with E-state index in [9.17, 15) is 4.79 Å². The van der Waals surface area contributed by atoms with Gasteiger partial charge in [-0.2, -0.15) is 5.10 Å². The van der Waals surface area contributed by atoms with Crippen LogP contribution in [0.3, 0.4) is 0 Å². The van der Waals surface area contributed by atoms with Crippen molar-refractivity contribution in [1.82, 2.24) is 15.1 Å². The summed E-state index contributed by atoms with van der Waals surface area (Å²) in [5, 5.41) is 6.84. The number of nitrogens with one attached hydrogen (secondary N) is 1. The van der Waals surface area contributed by atoms with Gasteiger partial charge in [-0.3, -0.25) is 9.48 Å². The lowest BCUT2D eigenvalue weighted by Crippen LogP contribution is -2.27. The summed E-state index contributed by atoms with van der Waals surface area (Å²) in [5.41, 5.74) is 6.56. The lowest BCUT2D eigenvalue weighted by Gasteiger charge is -2.05. The van der Waals surface area contributed by atoms with Crippen LogP contribution in [-0.4, -0.2) is 22.2 Å². The van der Waals surface area contributed by atoms with E-state index in [1.807, 2.05) is 0 Å². The fraction of sp³-hybridized carbons (Fsp3) is 0.636. The Hall–Kier alpha value is -1.52. The van der Waals surface area contributed by atoms with Gasteiger partial charge in [0.05, 0.1) is 6.20 Å². The molecule has 1 aliphatic carbocycles. The van der Waals surface area contributed by atoms with Gasteiger partial charge in [-0.1, -0.05) is 13.8 Å². The molecule has 5 heteroatoms. The largest absolute Gasteiger partial charge is 0.383 e. The second-order valence-electron chi connectivity index (χ2n) is 5.17. The first-order valence-electron chi connectivity index (χ1n) is 5.47. The summed E-state index contributed by atoms with van der Waals surface area (Å²) in [7, 11) is 1.72. The van der Waals surface area contributed by atoms with E-state index in [4.69, 9.17) is 5.73 Å². The number of rotatable bonds is 3. The van der Waals surface area contributed by atoms with E-state index in [1.54, 1.807) is 7.05 Å². The summed E-state index contributed by atoms with van der Waals surface area (Å²) in [6, 6.07) is 0. The SMILES string of the molecule is Cn1ncc(C(=O)NCC2CC2(C)C)c1N. The van der Waals surface area contributed by atoms with Crippen LogP contribution in [0.2, 0.25) is 0 Å². The summed E-state index contributed by atoms with van der Waals surface area (Å²) < 4.78 is 1.50. The van der Waals surface area contributed by atoms with Gasteiger partial charge in [0.25, 0.3) is 5.91 Å². The second kappa shape index (κ2) is 3.50. The average molecular weight is 222 g/mol. The molecule has 0 saturated heterocycles. The van der Waals surface area contributed by atoms with Crippen molar-refractivity contribution in [3.05, 3.63) is 11.8 Å². The fourth-order valence-corrected chi connectivity index (χ4v) is 1.86. The Morgan fingerprint density at radius 1 is 1.75 bits per heavy atom. The molecule has 3 N–H and O–H groups in total. The van der Waals surface area contributed by atoms with Crippen LogP contribution < -0.4 is 11.1 Å². The van der Waals surface area contributed by atoms with Gasteiger partial charge in [0.2, 0.25) is 0 Å². The number of nitrogen functional groups attached to an aromatic ring is 1. The molecule has 0 radical (unpaired) electrons. The lowest BCUT2D eigenvalue weighted by molar-refractivity contribution is 0.0951. The van der Waals surface area contributed by atoms with Crippen molar-refractivity contribution in [3.8, 4) is 0 Å². The van der Waals surface area contributed by atoms with Crippen molar-refractivity contribution >= 4 is 11.7 Å². The maximum Gasteiger partial charge on any atom is 0.256 e. The summed E-state index contributed by atoms with van der Waals surface area (Å²) >= 11 is 0. The average Bonchev–Trinajstić information content (AvgIpc) is 2.68. The van der Waals surface area contributed by atoms with Crippen molar-refractivity contribution in [2.75, 3.05) is 12.3 Å². The number of aryl methyl sites for hydroxylation is 1. The Labute approximate surface area is 95.0 Å². The van der Waals surface area contributed by atoms with Crippen LogP contribution in [0.25, 0.3) is 0 Å². The third kappa shape index (κ3) is 1.89. The Balaban J connectivity index is 1.92. The highest BCUT2D eigenvalue weighted by Gasteiger charge is 2.45. The predicted octanol–water partition coefficient (Wildman–Crippen LogP) is 0.778. The van der Waals surface area contributed by atoms with Crippen LogP contribution >= 0.6 is 0 Å². The standard InChI is InChI=1S/C11H18N4O/c1-11(2)4-7(11)5-13-10(16)8-6-14-15(3)9(8)12/h6-7H,4-5,12H2,1-3H3,(H,13,16). The minimum Gasteiger partial charge on any atom is -0.383 e. The molecule has 0 spiro atoms. The summed E-state index contributed by atoms with van der Waals surface area (Å²) in [5.74, 6) is 0.871. The normalized spacial score (nSPS) is 21.8. The first-order chi connectivity index (χ1) is 7.42. The van der Waals surface area contributed by atoms with Gasteiger partial charge in [-0.25, -0.2) is 0 Å². The van der Waals surface area contributed by atoms with Crippen molar-refractivity contribution in [2.45, 2.75) is 20.3 Å². The van der Waals surface area contributed by atoms with Crippen molar-refractivity contribution in [3.63, 3.8) is 0 Å². The third-order valence-corrected chi connectivity index (χ3v) is 3.46. The van der Waals surface area contributed by atoms with Gasteiger partial charge in [-0.05, 0) is 17.8 Å². The van der Waals surface area contributed by atoms with Crippen molar-refractivity contribution in [2.24, 2.45) is 18.4 Å². The third-order valence-electron chi connectivity index (χ3n) is 3.46. The highest BCUT2D eigenvalue weighted by molar-refractivity contribution is 5.98. The quantitative estimate of drug-likeness (QED) is 0.793. The predicted molar refractivity (Wildman–Crippen MR) is 61.8 cm³/mol. The van der Waals surface area contributed by atoms with Crippen molar-refractivity contribution in [1.29, 1.82) is 0 Å². The van der Waals surface area contributed by atoms with Gasteiger partial charge in [-0.15, -0.1) is 0 Å². The Morgan fingerprint density at radius 3 is 2.81 bits per heavy atom. The molecule has 1 fully saturated rings. The number of amides is 1. The smallest absolute Gasteiger partial charge is 0.256 e. The Kier molecular flexibility index (Phi) is 2.40. The summed E-state index contributed by atoms with van der Waals surface area (Å²) in [6.07, 6.45) is 2.68. The molecule has 1 amide bonds. The number of hydrogen-bond donors (Lipinski definition) is 2. The van der Waals surface area contributed by atoms with Crippen molar-refractivity contribution < 1.29 is 4.79 Å². The Bertz CT molecular complexity index is 422. The first-order valence-corrected chi connectivity index (χ1v) is 5.47. The monoisotopic (exact) mass is 222 g/mol. The maximum absolute atomic E-state index is 11.8. The van der Waals surface area contributed by atoms with Crippen LogP contribution in [0.4, 0.5) is 5.82 Å². The summed E-state index contributed by atoms with van der Waals surface area (Å²) in [4.78, 5) is 11.8. The molecular weight excluding hydrogens is 204 g/mol. The number of carbonyl (C=O) groups is 1. The Morgan fingerprint density at radius 2 is 2.38 bits per heavy atom. The highest BCUT2D eigenvalue weighted by atomic mass is 16.1. The molecule has 88 valence electrons. The molecular formula is C11H18N4O. The number of nitrogens with two attached hydrogens (primary N) is 1. The molecule has 0 bridgehead atoms. The number of carbonyl (C=O) groups excluding carboxylic acids is 1. The molecule has 2 rings (SSSR count). The number of nitrogens with zero attached hydrogens (tertiary/aromatic N) is 2. The zero-order valence-corrected chi connectivity index (χ0v) is 9.95. The van der Waals surface area contributed by atoms with Gasteiger partial charge >= 0.3 is 0 Å². The van der Waals surface area contributed by atoms with E-state index in [0.717, 1.165) is 6.54 Å². The van der Waals surface area contributed by atoms with E-state index in [2.05, 4.69) is 24.3 Å². The first kappa shape index (κ1) is 11.0. The molecule has 5 nitrogen and oxygen atoms in total. The van der Waals surface area contributed by atoms with E-state index in [1.165, 1.54) is 17.3 Å². The van der Waals surface area contributed by atoms with E-state index in [-0.39, 0.29) is 5.91 Å². The molecule has 1 aromatic heterocycles. The maximum atomic E-state index is 11.8. The van der Waals surface area contributed by atoms with Crippen LogP contribution in [-0.2, 0) is 7.05 Å². The molecule has 1 unspecified atom stereocenters. The van der Waals surface area contributed by atoms with E-state index in [0.29, 0.717) is 22.7 Å². The van der Waals surface area contributed by atoms with Gasteiger partial charge in [0.1, 0.15) is 11.4 Å².